The molecule has 0 spiro atoms. The summed E-state index contributed by atoms with van der Waals surface area (Å²) >= 11 is 0. The van der Waals surface area contributed by atoms with Crippen LogP contribution in [0.15, 0.2) is 0 Å². The Labute approximate surface area is 68.0 Å². The molecule has 2 N–H and O–H groups in total. The van der Waals surface area contributed by atoms with Crippen LogP contribution < -0.4 is 5.32 Å². The Kier molecular flexibility index (Phi) is 2.14. The summed E-state index contributed by atoms with van der Waals surface area (Å²) in [5.74, 6) is 2.41. The van der Waals surface area contributed by atoms with Crippen LogP contribution >= 0.6 is 0 Å². The van der Waals surface area contributed by atoms with E-state index >= 15 is 0 Å². The van der Waals surface area contributed by atoms with Crippen LogP contribution in [0.1, 0.15) is 19.3 Å². The lowest BCUT2D eigenvalue weighted by Crippen LogP contribution is -2.38. The maximum atomic E-state index is 8.97. The zero-order chi connectivity index (χ0) is 7.68. The summed E-state index contributed by atoms with van der Waals surface area (Å²) in [7, 11) is 0. The predicted molar refractivity (Wildman–Crippen MR) is 44.3 cm³/mol. The molecular formula is C9H17NO. The van der Waals surface area contributed by atoms with E-state index in [-0.39, 0.29) is 0 Å². The predicted octanol–water partition coefficient (Wildman–Crippen LogP) is 0.614. The summed E-state index contributed by atoms with van der Waals surface area (Å²) in [6.45, 7) is 2.59. The van der Waals surface area contributed by atoms with Crippen molar-refractivity contribution >= 4 is 0 Å². The first kappa shape index (κ1) is 7.56. The molecule has 0 radical (unpaired) electrons. The van der Waals surface area contributed by atoms with Crippen molar-refractivity contribution in [2.75, 3.05) is 19.7 Å². The second-order valence-electron chi connectivity index (χ2n) is 4.04. The largest absolute Gasteiger partial charge is 0.396 e. The molecular weight excluding hydrogens is 138 g/mol. The molecule has 0 aromatic carbocycles. The number of aliphatic hydroxyl groups is 1. The normalized spacial score (nSPS) is 39.0. The molecule has 1 aliphatic carbocycles. The van der Waals surface area contributed by atoms with Crippen molar-refractivity contribution in [3.05, 3.63) is 0 Å². The molecule has 2 fully saturated rings. The average Bonchev–Trinajstić information content (AvgIpc) is 2.87. The van der Waals surface area contributed by atoms with Crippen molar-refractivity contribution in [3.63, 3.8) is 0 Å². The van der Waals surface area contributed by atoms with Gasteiger partial charge < -0.3 is 10.4 Å². The number of nitrogens with one attached hydrogen (secondary N) is 1. The van der Waals surface area contributed by atoms with Crippen molar-refractivity contribution in [1.29, 1.82) is 0 Å². The van der Waals surface area contributed by atoms with Gasteiger partial charge in [0.05, 0.1) is 0 Å². The van der Waals surface area contributed by atoms with E-state index in [0.717, 1.165) is 18.4 Å². The van der Waals surface area contributed by atoms with Crippen molar-refractivity contribution < 1.29 is 5.11 Å². The number of hydrogen-bond acceptors (Lipinski definition) is 2. The molecule has 1 saturated heterocycles. The molecule has 2 atom stereocenters. The monoisotopic (exact) mass is 155 g/mol. The van der Waals surface area contributed by atoms with Gasteiger partial charge in [-0.3, -0.25) is 0 Å². The summed E-state index contributed by atoms with van der Waals surface area (Å²) in [4.78, 5) is 0. The van der Waals surface area contributed by atoms with Gasteiger partial charge in [-0.25, -0.2) is 0 Å². The molecule has 1 heterocycles. The molecule has 0 amide bonds. The third kappa shape index (κ3) is 1.74. The summed E-state index contributed by atoms with van der Waals surface area (Å²) in [6.07, 6.45) is 4.13. The van der Waals surface area contributed by atoms with Crippen LogP contribution in [0.5, 0.6) is 0 Å². The molecule has 2 rings (SSSR count). The van der Waals surface area contributed by atoms with E-state index < -0.39 is 0 Å². The van der Waals surface area contributed by atoms with Crippen molar-refractivity contribution in [2.24, 2.45) is 17.8 Å². The van der Waals surface area contributed by atoms with Gasteiger partial charge in [-0.15, -0.1) is 0 Å². The zero-order valence-electron chi connectivity index (χ0n) is 6.92. The molecule has 2 nitrogen and oxygen atoms in total. The Bertz CT molecular complexity index is 134. The van der Waals surface area contributed by atoms with Crippen molar-refractivity contribution in [1.82, 2.24) is 5.32 Å². The molecule has 1 aliphatic heterocycles. The van der Waals surface area contributed by atoms with Gasteiger partial charge in [-0.2, -0.15) is 0 Å². The molecule has 0 bridgehead atoms. The molecule has 2 unspecified atom stereocenters. The standard InChI is InChI=1S/C9H17NO/c11-6-7-3-9(5-10-4-7)8-1-2-8/h7-11H,1-6H2. The highest BCUT2D eigenvalue weighted by Gasteiger charge is 2.34. The van der Waals surface area contributed by atoms with E-state index in [0.29, 0.717) is 12.5 Å². The lowest BCUT2D eigenvalue weighted by molar-refractivity contribution is 0.164. The smallest absolute Gasteiger partial charge is 0.0471 e. The van der Waals surface area contributed by atoms with Gasteiger partial charge in [-0.1, -0.05) is 0 Å². The van der Waals surface area contributed by atoms with E-state index in [4.69, 9.17) is 5.11 Å². The molecule has 0 aromatic heterocycles. The van der Waals surface area contributed by atoms with Crippen LogP contribution in [-0.2, 0) is 0 Å². The van der Waals surface area contributed by atoms with E-state index in [2.05, 4.69) is 5.32 Å². The summed E-state index contributed by atoms with van der Waals surface area (Å²) in [5.41, 5.74) is 0. The fourth-order valence-corrected chi connectivity index (χ4v) is 2.13. The third-order valence-corrected chi connectivity index (χ3v) is 3.02. The van der Waals surface area contributed by atoms with E-state index in [1.54, 1.807) is 0 Å². The summed E-state index contributed by atoms with van der Waals surface area (Å²) in [6, 6.07) is 0. The lowest BCUT2D eigenvalue weighted by Gasteiger charge is -2.28. The van der Waals surface area contributed by atoms with Gasteiger partial charge >= 0.3 is 0 Å². The van der Waals surface area contributed by atoms with Gasteiger partial charge in [0.2, 0.25) is 0 Å². The maximum absolute atomic E-state index is 8.97. The number of hydrogen-bond donors (Lipinski definition) is 2. The molecule has 11 heavy (non-hydrogen) atoms. The Hall–Kier alpha value is -0.0800. The quantitative estimate of drug-likeness (QED) is 0.612. The SMILES string of the molecule is OCC1CNCC(C2CC2)C1. The number of piperidine rings is 1. The molecule has 64 valence electrons. The third-order valence-electron chi connectivity index (χ3n) is 3.02. The fourth-order valence-electron chi connectivity index (χ4n) is 2.13. The first-order chi connectivity index (χ1) is 5.40. The number of aliphatic hydroxyl groups excluding tert-OH is 1. The van der Waals surface area contributed by atoms with Crippen LogP contribution in [-0.4, -0.2) is 24.8 Å². The Balaban J connectivity index is 1.82. The van der Waals surface area contributed by atoms with Crippen LogP contribution in [0, 0.1) is 17.8 Å². The highest BCUT2D eigenvalue weighted by atomic mass is 16.3. The summed E-state index contributed by atoms with van der Waals surface area (Å²) in [5, 5.41) is 12.4. The second kappa shape index (κ2) is 3.11. The van der Waals surface area contributed by atoms with Gasteiger partial charge in [0.15, 0.2) is 0 Å². The van der Waals surface area contributed by atoms with Crippen LogP contribution in [0.25, 0.3) is 0 Å². The Morgan fingerprint density at radius 1 is 1.18 bits per heavy atom. The first-order valence-electron chi connectivity index (χ1n) is 4.71. The highest BCUT2D eigenvalue weighted by Crippen LogP contribution is 2.40. The Morgan fingerprint density at radius 2 is 2.00 bits per heavy atom. The maximum Gasteiger partial charge on any atom is 0.0471 e. The van der Waals surface area contributed by atoms with Crippen LogP contribution in [0.4, 0.5) is 0 Å². The lowest BCUT2D eigenvalue weighted by atomic mass is 9.88. The molecule has 2 aliphatic rings. The highest BCUT2D eigenvalue weighted by molar-refractivity contribution is 4.87. The zero-order valence-corrected chi connectivity index (χ0v) is 6.92. The minimum absolute atomic E-state index is 0.371. The van der Waals surface area contributed by atoms with E-state index in [9.17, 15) is 0 Å². The fraction of sp³-hybridized carbons (Fsp3) is 1.00. The molecule has 2 heteroatoms. The van der Waals surface area contributed by atoms with E-state index in [1.165, 1.54) is 25.8 Å². The van der Waals surface area contributed by atoms with Gasteiger partial charge in [0, 0.05) is 13.2 Å². The van der Waals surface area contributed by atoms with Gasteiger partial charge in [0.1, 0.15) is 0 Å². The average molecular weight is 155 g/mol. The van der Waals surface area contributed by atoms with Gasteiger partial charge in [0.25, 0.3) is 0 Å². The first-order valence-corrected chi connectivity index (χ1v) is 4.71. The summed E-state index contributed by atoms with van der Waals surface area (Å²) < 4.78 is 0. The van der Waals surface area contributed by atoms with E-state index in [1.807, 2.05) is 0 Å². The van der Waals surface area contributed by atoms with Crippen molar-refractivity contribution in [3.8, 4) is 0 Å². The van der Waals surface area contributed by atoms with Crippen LogP contribution in [0.2, 0.25) is 0 Å². The van der Waals surface area contributed by atoms with Crippen molar-refractivity contribution in [2.45, 2.75) is 19.3 Å². The Morgan fingerprint density at radius 3 is 2.64 bits per heavy atom. The second-order valence-corrected chi connectivity index (χ2v) is 4.04. The number of rotatable bonds is 2. The van der Waals surface area contributed by atoms with Gasteiger partial charge in [-0.05, 0) is 43.6 Å². The molecule has 1 saturated carbocycles. The minimum atomic E-state index is 0.371. The van der Waals surface area contributed by atoms with Crippen LogP contribution in [0.3, 0.4) is 0 Å². The molecule has 0 aromatic rings. The topological polar surface area (TPSA) is 32.3 Å². The minimum Gasteiger partial charge on any atom is -0.396 e.